The van der Waals surface area contributed by atoms with Gasteiger partial charge in [-0.2, -0.15) is 18.2 Å². The van der Waals surface area contributed by atoms with Crippen molar-refractivity contribution in [3.05, 3.63) is 107 Å². The highest BCUT2D eigenvalue weighted by Crippen LogP contribution is 2.35. The lowest BCUT2D eigenvalue weighted by Gasteiger charge is -2.34. The summed E-state index contributed by atoms with van der Waals surface area (Å²) in [7, 11) is 0. The molecule has 11 nitrogen and oxygen atoms in total. The Labute approximate surface area is 265 Å². The van der Waals surface area contributed by atoms with Crippen molar-refractivity contribution in [3.8, 4) is 11.8 Å². The molecule has 15 heteroatoms. The molecule has 5 rings (SSSR count). The fourth-order valence-electron chi connectivity index (χ4n) is 4.54. The Balaban J connectivity index is 1.14. The zero-order valence-corrected chi connectivity index (χ0v) is 24.7. The summed E-state index contributed by atoms with van der Waals surface area (Å²) < 4.78 is 52.5. The molecule has 0 bridgehead atoms. The fourth-order valence-corrected chi connectivity index (χ4v) is 4.67. The standard InChI is InChI=1S/C31H26ClF3N6O5/c32-26-12-13-36-29(39-26)45-24-10-8-22(9-11-24)37-28(43)38-23-7-6-21(25(18-23)31(33,34)35)19-40-14-16-41(17-15-40)30(44)46-27(42)20-4-2-1-3-5-20/h1-13,18H,14-17,19H2,(H2,37,38,43). The summed E-state index contributed by atoms with van der Waals surface area (Å²) in [5.74, 6) is -0.406. The molecule has 1 fully saturated rings. The normalized spacial score (nSPS) is 13.5. The topological polar surface area (TPSA) is 126 Å². The van der Waals surface area contributed by atoms with E-state index in [-0.39, 0.29) is 60.7 Å². The number of esters is 1. The van der Waals surface area contributed by atoms with E-state index in [9.17, 15) is 27.6 Å². The lowest BCUT2D eigenvalue weighted by atomic mass is 10.0. The van der Waals surface area contributed by atoms with E-state index in [1.807, 2.05) is 0 Å². The summed E-state index contributed by atoms with van der Waals surface area (Å²) in [5, 5.41) is 5.18. The molecule has 4 aromatic rings. The molecule has 0 radical (unpaired) electrons. The van der Waals surface area contributed by atoms with Crippen LogP contribution in [0.3, 0.4) is 0 Å². The summed E-state index contributed by atoms with van der Waals surface area (Å²) in [4.78, 5) is 48.1. The van der Waals surface area contributed by atoms with Gasteiger partial charge in [-0.1, -0.05) is 35.9 Å². The van der Waals surface area contributed by atoms with Gasteiger partial charge in [0.2, 0.25) is 0 Å². The van der Waals surface area contributed by atoms with Gasteiger partial charge in [0.15, 0.2) is 0 Å². The van der Waals surface area contributed by atoms with E-state index in [2.05, 4.69) is 20.6 Å². The number of alkyl halides is 3. The molecule has 2 heterocycles. The first kappa shape index (κ1) is 32.2. The number of anilines is 2. The molecule has 3 amide bonds. The highest BCUT2D eigenvalue weighted by molar-refractivity contribution is 6.29. The van der Waals surface area contributed by atoms with E-state index < -0.39 is 29.8 Å². The lowest BCUT2D eigenvalue weighted by molar-refractivity contribution is -0.138. The van der Waals surface area contributed by atoms with Crippen molar-refractivity contribution >= 4 is 41.1 Å². The minimum atomic E-state index is -4.69. The Hall–Kier alpha value is -5.21. The molecule has 0 atom stereocenters. The summed E-state index contributed by atoms with van der Waals surface area (Å²) in [6, 6.07) is 18.6. The molecule has 0 aliphatic carbocycles. The fraction of sp³-hybridized carbons (Fsp3) is 0.194. The molecular formula is C31H26ClF3N6O5. The third-order valence-corrected chi connectivity index (χ3v) is 7.02. The minimum absolute atomic E-state index is 0.00742. The van der Waals surface area contributed by atoms with Crippen LogP contribution in [0.1, 0.15) is 21.5 Å². The monoisotopic (exact) mass is 654 g/mol. The molecule has 238 valence electrons. The van der Waals surface area contributed by atoms with Crippen LogP contribution in [0.25, 0.3) is 0 Å². The van der Waals surface area contributed by atoms with Crippen molar-refractivity contribution in [3.63, 3.8) is 0 Å². The van der Waals surface area contributed by atoms with Gasteiger partial charge in [-0.15, -0.1) is 0 Å². The van der Waals surface area contributed by atoms with Gasteiger partial charge in [-0.05, 0) is 60.2 Å². The second-order valence-corrected chi connectivity index (χ2v) is 10.4. The predicted octanol–water partition coefficient (Wildman–Crippen LogP) is 6.68. The summed E-state index contributed by atoms with van der Waals surface area (Å²) >= 11 is 5.81. The number of halogens is 4. The highest BCUT2D eigenvalue weighted by atomic mass is 35.5. The van der Waals surface area contributed by atoms with Crippen molar-refractivity contribution in [2.45, 2.75) is 12.7 Å². The van der Waals surface area contributed by atoms with Crippen molar-refractivity contribution in [2.24, 2.45) is 0 Å². The second kappa shape index (κ2) is 14.3. The molecule has 1 aliphatic heterocycles. The van der Waals surface area contributed by atoms with Crippen LogP contribution in [0.5, 0.6) is 11.8 Å². The van der Waals surface area contributed by atoms with Gasteiger partial charge in [0.1, 0.15) is 10.9 Å². The number of hydrogen-bond donors (Lipinski definition) is 2. The summed E-state index contributed by atoms with van der Waals surface area (Å²) in [5.41, 5.74) is -0.354. The van der Waals surface area contributed by atoms with Crippen LogP contribution < -0.4 is 15.4 Å². The number of nitrogens with zero attached hydrogens (tertiary/aromatic N) is 4. The first-order valence-electron chi connectivity index (χ1n) is 13.9. The quantitative estimate of drug-likeness (QED) is 0.128. The van der Waals surface area contributed by atoms with E-state index in [4.69, 9.17) is 21.1 Å². The number of aromatic nitrogens is 2. The van der Waals surface area contributed by atoms with Gasteiger partial charge >= 0.3 is 30.3 Å². The van der Waals surface area contributed by atoms with E-state index in [1.54, 1.807) is 35.2 Å². The van der Waals surface area contributed by atoms with Gasteiger partial charge in [0.25, 0.3) is 0 Å². The number of amides is 3. The van der Waals surface area contributed by atoms with Gasteiger partial charge in [-0.3, -0.25) is 4.90 Å². The Morgan fingerprint density at radius 2 is 1.54 bits per heavy atom. The summed E-state index contributed by atoms with van der Waals surface area (Å²) in [6.07, 6.45) is -4.06. The maximum atomic E-state index is 14.0. The Morgan fingerprint density at radius 1 is 0.870 bits per heavy atom. The molecule has 0 saturated carbocycles. The molecule has 46 heavy (non-hydrogen) atoms. The minimum Gasteiger partial charge on any atom is -0.424 e. The van der Waals surface area contributed by atoms with Gasteiger partial charge < -0.3 is 25.0 Å². The van der Waals surface area contributed by atoms with Crippen molar-refractivity contribution in [1.29, 1.82) is 0 Å². The average Bonchev–Trinajstić information content (AvgIpc) is 3.03. The maximum Gasteiger partial charge on any atom is 0.417 e. The largest absolute Gasteiger partial charge is 0.424 e. The molecule has 2 N–H and O–H groups in total. The number of ether oxygens (including phenoxy) is 2. The van der Waals surface area contributed by atoms with E-state index in [0.717, 1.165) is 6.07 Å². The third kappa shape index (κ3) is 8.70. The number of piperazine rings is 1. The molecule has 1 saturated heterocycles. The van der Waals surface area contributed by atoms with Crippen LogP contribution in [0.15, 0.2) is 85.1 Å². The highest BCUT2D eigenvalue weighted by Gasteiger charge is 2.35. The van der Waals surface area contributed by atoms with Crippen LogP contribution in [0.2, 0.25) is 5.15 Å². The predicted molar refractivity (Wildman–Crippen MR) is 162 cm³/mol. The number of hydrogen-bond acceptors (Lipinski definition) is 8. The van der Waals surface area contributed by atoms with Crippen LogP contribution in [0.4, 0.5) is 34.1 Å². The smallest absolute Gasteiger partial charge is 0.417 e. The number of carbonyl (C=O) groups is 3. The van der Waals surface area contributed by atoms with Gasteiger partial charge in [0, 0.05) is 50.3 Å². The zero-order chi connectivity index (χ0) is 32.7. The number of nitrogens with one attached hydrogen (secondary N) is 2. The molecule has 1 aliphatic rings. The Bertz CT molecular complexity index is 1700. The third-order valence-electron chi connectivity index (χ3n) is 6.81. The molecule has 3 aromatic carbocycles. The molecule has 0 spiro atoms. The number of carbonyl (C=O) groups excluding carboxylic acids is 3. The molecule has 0 unspecified atom stereocenters. The Kier molecular flexibility index (Phi) is 9.98. The molecular weight excluding hydrogens is 629 g/mol. The first-order chi connectivity index (χ1) is 22.0. The van der Waals surface area contributed by atoms with Crippen LogP contribution in [-0.4, -0.2) is 64.0 Å². The van der Waals surface area contributed by atoms with Crippen molar-refractivity contribution < 1.29 is 37.0 Å². The zero-order valence-electron chi connectivity index (χ0n) is 24.0. The van der Waals surface area contributed by atoms with Crippen LogP contribution in [-0.2, 0) is 17.5 Å². The van der Waals surface area contributed by atoms with Crippen LogP contribution in [0, 0.1) is 0 Å². The van der Waals surface area contributed by atoms with Gasteiger partial charge in [0.05, 0.1) is 11.1 Å². The van der Waals surface area contributed by atoms with E-state index >= 15 is 0 Å². The SMILES string of the molecule is O=C(Nc1ccc(Oc2nccc(Cl)n2)cc1)Nc1ccc(CN2CCN(C(=O)OC(=O)c3ccccc3)CC2)c(C(F)(F)F)c1. The lowest BCUT2D eigenvalue weighted by Crippen LogP contribution is -2.48. The van der Waals surface area contributed by atoms with E-state index in [1.165, 1.54) is 53.6 Å². The molecule has 1 aromatic heterocycles. The number of rotatable bonds is 7. The average molecular weight is 655 g/mol. The number of urea groups is 1. The Morgan fingerprint density at radius 3 is 2.22 bits per heavy atom. The van der Waals surface area contributed by atoms with Crippen molar-refractivity contribution in [2.75, 3.05) is 36.8 Å². The van der Waals surface area contributed by atoms with Crippen molar-refractivity contribution in [1.82, 2.24) is 19.8 Å². The van der Waals surface area contributed by atoms with Crippen LogP contribution >= 0.6 is 11.6 Å². The van der Waals surface area contributed by atoms with Gasteiger partial charge in [-0.25, -0.2) is 19.4 Å². The second-order valence-electron chi connectivity index (χ2n) is 10.0. The van der Waals surface area contributed by atoms with E-state index in [0.29, 0.717) is 11.4 Å². The maximum absolute atomic E-state index is 14.0. The first-order valence-corrected chi connectivity index (χ1v) is 14.2. The summed E-state index contributed by atoms with van der Waals surface area (Å²) in [6.45, 7) is 0.837. The number of benzene rings is 3.